The minimum atomic E-state index is -0.375. The van der Waals surface area contributed by atoms with E-state index in [1.807, 2.05) is 43.3 Å². The number of aromatic nitrogens is 2. The summed E-state index contributed by atoms with van der Waals surface area (Å²) in [6.45, 7) is 1.86. The quantitative estimate of drug-likeness (QED) is 0.373. The van der Waals surface area contributed by atoms with Crippen molar-refractivity contribution in [1.82, 2.24) is 15.3 Å². The number of amides is 2. The minimum Gasteiger partial charge on any atom is -0.496 e. The van der Waals surface area contributed by atoms with Crippen molar-refractivity contribution in [3.05, 3.63) is 95.6 Å². The smallest absolute Gasteiger partial charge is 0.259 e. The molecular weight excluding hydrogens is 458 g/mol. The van der Waals surface area contributed by atoms with Crippen LogP contribution in [0.4, 0.5) is 11.4 Å². The van der Waals surface area contributed by atoms with E-state index in [1.165, 1.54) is 7.11 Å². The third kappa shape index (κ3) is 4.22. The minimum absolute atomic E-state index is 0.254. The van der Waals surface area contributed by atoms with Gasteiger partial charge in [-0.2, -0.15) is 0 Å². The van der Waals surface area contributed by atoms with Gasteiger partial charge in [0.15, 0.2) is 6.23 Å². The molecule has 1 aliphatic rings. The molecule has 0 radical (unpaired) electrons. The van der Waals surface area contributed by atoms with Crippen LogP contribution in [0.3, 0.4) is 0 Å². The third-order valence-corrected chi connectivity index (χ3v) is 5.99. The zero-order valence-corrected chi connectivity index (χ0v) is 20.0. The molecule has 0 saturated heterocycles. The summed E-state index contributed by atoms with van der Waals surface area (Å²) in [5.74, 6) is 0.421. The number of anilines is 2. The molecule has 1 aromatic heterocycles. The van der Waals surface area contributed by atoms with Crippen molar-refractivity contribution < 1.29 is 19.1 Å². The van der Waals surface area contributed by atoms with E-state index in [-0.39, 0.29) is 23.8 Å². The van der Waals surface area contributed by atoms with Gasteiger partial charge in [-0.15, -0.1) is 0 Å². The van der Waals surface area contributed by atoms with E-state index in [0.29, 0.717) is 28.0 Å². The second-order valence-corrected chi connectivity index (χ2v) is 8.30. The summed E-state index contributed by atoms with van der Waals surface area (Å²) >= 11 is 0. The normalized spacial score (nSPS) is 14.2. The monoisotopic (exact) mass is 483 g/mol. The first-order valence-electron chi connectivity index (χ1n) is 11.3. The second-order valence-electron chi connectivity index (χ2n) is 8.30. The predicted octanol–water partition coefficient (Wildman–Crippen LogP) is 4.50. The van der Waals surface area contributed by atoms with Gasteiger partial charge < -0.3 is 30.0 Å². The number of ether oxygens (including phenoxy) is 2. The molecule has 1 aliphatic heterocycles. The molecule has 4 aromatic rings. The average molecular weight is 484 g/mol. The van der Waals surface area contributed by atoms with E-state index in [4.69, 9.17) is 9.47 Å². The molecule has 2 heterocycles. The van der Waals surface area contributed by atoms with Crippen LogP contribution in [0.1, 0.15) is 38.3 Å². The zero-order chi connectivity index (χ0) is 25.2. The highest BCUT2D eigenvalue weighted by Gasteiger charge is 2.24. The van der Waals surface area contributed by atoms with Crippen LogP contribution in [0.25, 0.3) is 11.0 Å². The molecule has 9 nitrogen and oxygen atoms in total. The Balaban J connectivity index is 1.40. The summed E-state index contributed by atoms with van der Waals surface area (Å²) in [5.41, 5.74) is 4.29. The first-order chi connectivity index (χ1) is 17.5. The van der Waals surface area contributed by atoms with Crippen molar-refractivity contribution in [2.75, 3.05) is 24.4 Å². The van der Waals surface area contributed by atoms with Crippen LogP contribution in [0.5, 0.6) is 5.75 Å². The molecule has 0 bridgehead atoms. The van der Waals surface area contributed by atoms with Gasteiger partial charge in [0.1, 0.15) is 23.4 Å². The highest BCUT2D eigenvalue weighted by Crippen LogP contribution is 2.30. The van der Waals surface area contributed by atoms with Gasteiger partial charge in [0.2, 0.25) is 0 Å². The van der Waals surface area contributed by atoms with Crippen molar-refractivity contribution in [3.63, 3.8) is 0 Å². The summed E-state index contributed by atoms with van der Waals surface area (Å²) in [6.07, 6.45) is 2.91. The molecule has 36 heavy (non-hydrogen) atoms. The van der Waals surface area contributed by atoms with Gasteiger partial charge in [-0.3, -0.25) is 9.59 Å². The van der Waals surface area contributed by atoms with Crippen LogP contribution in [0.15, 0.2) is 73.1 Å². The average Bonchev–Trinajstić information content (AvgIpc) is 3.57. The number of benzene rings is 3. The lowest BCUT2D eigenvalue weighted by molar-refractivity contribution is 0.0986. The number of hydrogen-bond donors (Lipinski definition) is 3. The number of nitrogens with one attached hydrogen (secondary N) is 3. The fourth-order valence-electron chi connectivity index (χ4n) is 4.22. The van der Waals surface area contributed by atoms with Gasteiger partial charge in [-0.05, 0) is 43.3 Å². The number of methoxy groups -OCH3 is 1. The molecule has 3 N–H and O–H groups in total. The van der Waals surface area contributed by atoms with Crippen molar-refractivity contribution in [1.29, 1.82) is 0 Å². The Bertz CT molecular complexity index is 1480. The molecule has 2 amide bonds. The molecule has 9 heteroatoms. The number of carbonyl (C=O) groups is 2. The van der Waals surface area contributed by atoms with Crippen molar-refractivity contribution in [3.8, 4) is 5.75 Å². The lowest BCUT2D eigenvalue weighted by atomic mass is 10.1. The van der Waals surface area contributed by atoms with E-state index in [0.717, 1.165) is 16.9 Å². The largest absolute Gasteiger partial charge is 0.496 e. The Hall–Kier alpha value is -4.79. The second kappa shape index (κ2) is 9.46. The zero-order valence-electron chi connectivity index (χ0n) is 20.0. The Morgan fingerprint density at radius 1 is 1.11 bits per heavy atom. The number of carbonyl (C=O) groups excluding carboxylic acids is 2. The number of H-pyrrole nitrogens is 1. The van der Waals surface area contributed by atoms with Crippen LogP contribution in [0.2, 0.25) is 0 Å². The Morgan fingerprint density at radius 2 is 1.94 bits per heavy atom. The van der Waals surface area contributed by atoms with E-state index < -0.39 is 0 Å². The van der Waals surface area contributed by atoms with E-state index >= 15 is 0 Å². The van der Waals surface area contributed by atoms with Gasteiger partial charge in [0, 0.05) is 24.4 Å². The summed E-state index contributed by atoms with van der Waals surface area (Å²) in [5, 5.41) is 6.01. The predicted molar refractivity (Wildman–Crippen MR) is 137 cm³/mol. The number of aryl methyl sites for hydroxylation is 1. The molecule has 1 atom stereocenters. The van der Waals surface area contributed by atoms with Crippen molar-refractivity contribution >= 4 is 34.2 Å². The third-order valence-electron chi connectivity index (χ3n) is 5.99. The summed E-state index contributed by atoms with van der Waals surface area (Å²) < 4.78 is 11.1. The number of imidazole rings is 1. The SMILES string of the molecule is COc1cc(C(=O)N(C)c2ccccc2C2NC=CO2)ccc1C(=O)Nc1cccc2[nH]c(C)nc12. The number of aromatic amines is 1. The van der Waals surface area contributed by atoms with Crippen molar-refractivity contribution in [2.45, 2.75) is 13.2 Å². The van der Waals surface area contributed by atoms with Gasteiger partial charge in [0.25, 0.3) is 11.8 Å². The number of para-hydroxylation sites is 2. The Morgan fingerprint density at radius 3 is 2.72 bits per heavy atom. The fourth-order valence-corrected chi connectivity index (χ4v) is 4.22. The molecule has 0 fully saturated rings. The molecule has 0 spiro atoms. The summed E-state index contributed by atoms with van der Waals surface area (Å²) in [4.78, 5) is 35.7. The highest BCUT2D eigenvalue weighted by molar-refractivity contribution is 6.11. The summed E-state index contributed by atoms with van der Waals surface area (Å²) in [6, 6.07) is 17.8. The van der Waals surface area contributed by atoms with Crippen LogP contribution in [-0.4, -0.2) is 35.9 Å². The van der Waals surface area contributed by atoms with Gasteiger partial charge >= 0.3 is 0 Å². The number of fused-ring (bicyclic) bond motifs is 1. The van der Waals surface area contributed by atoms with Gasteiger partial charge in [-0.25, -0.2) is 4.98 Å². The topological polar surface area (TPSA) is 109 Å². The molecule has 5 rings (SSSR count). The highest BCUT2D eigenvalue weighted by atomic mass is 16.5. The first-order valence-corrected chi connectivity index (χ1v) is 11.3. The fraction of sp³-hybridized carbons (Fsp3) is 0.148. The Labute approximate surface area is 207 Å². The van der Waals surface area contributed by atoms with E-state index in [1.54, 1.807) is 48.7 Å². The maximum absolute atomic E-state index is 13.4. The number of rotatable bonds is 6. The maximum atomic E-state index is 13.4. The molecule has 0 aliphatic carbocycles. The molecule has 3 aromatic carbocycles. The standard InChI is InChI=1S/C27H25N5O4/c1-16-29-20-8-6-9-21(24(20)30-16)31-25(33)19-12-11-17(15-23(19)35-3)27(34)32(2)22-10-5-4-7-18(22)26-28-13-14-36-26/h4-15,26,28H,1-3H3,(H,29,30)(H,31,33). The van der Waals surface area contributed by atoms with Crippen LogP contribution >= 0.6 is 0 Å². The molecular formula is C27H25N5O4. The van der Waals surface area contributed by atoms with E-state index in [2.05, 4.69) is 20.6 Å². The summed E-state index contributed by atoms with van der Waals surface area (Å²) in [7, 11) is 3.16. The van der Waals surface area contributed by atoms with Crippen LogP contribution < -0.4 is 20.3 Å². The van der Waals surface area contributed by atoms with Crippen molar-refractivity contribution in [2.24, 2.45) is 0 Å². The molecule has 0 saturated carbocycles. The van der Waals surface area contributed by atoms with Crippen LogP contribution in [-0.2, 0) is 4.74 Å². The van der Waals surface area contributed by atoms with Gasteiger partial charge in [0.05, 0.1) is 29.6 Å². The maximum Gasteiger partial charge on any atom is 0.259 e. The number of nitrogens with zero attached hydrogens (tertiary/aromatic N) is 2. The Kier molecular flexibility index (Phi) is 6.03. The van der Waals surface area contributed by atoms with Crippen LogP contribution in [0, 0.1) is 6.92 Å². The lowest BCUT2D eigenvalue weighted by Gasteiger charge is -2.23. The van der Waals surface area contributed by atoms with Gasteiger partial charge in [-0.1, -0.05) is 24.3 Å². The lowest BCUT2D eigenvalue weighted by Crippen LogP contribution is -2.28. The molecule has 182 valence electrons. The molecule has 1 unspecified atom stereocenters. The number of hydrogen-bond acceptors (Lipinski definition) is 6. The first kappa shape index (κ1) is 23.0. The van der Waals surface area contributed by atoms with E-state index in [9.17, 15) is 9.59 Å².